The summed E-state index contributed by atoms with van der Waals surface area (Å²) in [6, 6.07) is 14.1. The second kappa shape index (κ2) is 6.84. The fourth-order valence-corrected chi connectivity index (χ4v) is 2.84. The zero-order chi connectivity index (χ0) is 17.1. The van der Waals surface area contributed by atoms with Gasteiger partial charge in [0.05, 0.1) is 17.3 Å². The summed E-state index contributed by atoms with van der Waals surface area (Å²) in [4.78, 5) is 30.6. The number of halogens is 1. The summed E-state index contributed by atoms with van der Waals surface area (Å²) in [5.74, 6) is -0.734. The molecule has 0 radical (unpaired) electrons. The van der Waals surface area contributed by atoms with Gasteiger partial charge in [-0.25, -0.2) is 4.98 Å². The molecule has 0 amide bonds. The van der Waals surface area contributed by atoms with E-state index in [4.69, 9.17) is 11.6 Å². The van der Waals surface area contributed by atoms with E-state index in [9.17, 15) is 14.7 Å². The fourth-order valence-electron chi connectivity index (χ4n) is 2.72. The Morgan fingerprint density at radius 1 is 1.17 bits per heavy atom. The van der Waals surface area contributed by atoms with E-state index < -0.39 is 5.97 Å². The second-order valence-corrected chi connectivity index (χ2v) is 6.02. The van der Waals surface area contributed by atoms with Gasteiger partial charge in [-0.15, -0.1) is 0 Å². The maximum Gasteiger partial charge on any atom is 0.303 e. The third-order valence-corrected chi connectivity index (χ3v) is 4.12. The Bertz CT molecular complexity index is 935. The molecular weight excluding hydrogens is 328 g/mol. The van der Waals surface area contributed by atoms with Crippen LogP contribution in [0.5, 0.6) is 0 Å². The molecule has 24 heavy (non-hydrogen) atoms. The van der Waals surface area contributed by atoms with E-state index in [2.05, 4.69) is 9.97 Å². The molecule has 1 heterocycles. The summed E-state index contributed by atoms with van der Waals surface area (Å²) in [6.07, 6.45) is 0.270. The Kier molecular flexibility index (Phi) is 4.62. The number of carboxylic acids is 1. The number of para-hydroxylation sites is 1. The molecule has 6 heteroatoms. The highest BCUT2D eigenvalue weighted by Crippen LogP contribution is 2.25. The summed E-state index contributed by atoms with van der Waals surface area (Å²) >= 11 is 5.89. The molecule has 0 bridgehead atoms. The Balaban J connectivity index is 1.96. The fraction of sp³-hybridized carbons (Fsp3) is 0.167. The molecule has 0 aliphatic carbocycles. The number of carboxylic acid groups (broad SMARTS) is 1. The number of benzene rings is 2. The molecule has 1 aromatic heterocycles. The zero-order valence-corrected chi connectivity index (χ0v) is 13.5. The van der Waals surface area contributed by atoms with E-state index in [0.717, 1.165) is 5.56 Å². The molecule has 1 unspecified atom stereocenters. The Labute approximate surface area is 142 Å². The molecule has 0 fully saturated rings. The molecule has 1 atom stereocenters. The minimum absolute atomic E-state index is 0.0574. The standard InChI is InChI=1S/C18H15ClN2O3/c19-13-7-5-11(6-8-13)12(10-17(22)23)9-16-20-15-4-2-1-3-14(15)18(24)21-16/h1-8,12H,9-10H2,(H,22,23)(H,20,21,24). The van der Waals surface area contributed by atoms with Crippen molar-refractivity contribution in [3.8, 4) is 0 Å². The van der Waals surface area contributed by atoms with Crippen molar-refractivity contribution in [3.05, 3.63) is 75.3 Å². The number of carbonyl (C=O) groups is 1. The van der Waals surface area contributed by atoms with Crippen molar-refractivity contribution in [3.63, 3.8) is 0 Å². The van der Waals surface area contributed by atoms with Gasteiger partial charge >= 0.3 is 5.97 Å². The molecule has 0 saturated heterocycles. The number of aromatic amines is 1. The van der Waals surface area contributed by atoms with Crippen molar-refractivity contribution in [2.24, 2.45) is 0 Å². The topological polar surface area (TPSA) is 83.0 Å². The molecule has 3 aromatic rings. The molecule has 2 aromatic carbocycles. The van der Waals surface area contributed by atoms with Crippen molar-refractivity contribution in [1.29, 1.82) is 0 Å². The highest BCUT2D eigenvalue weighted by atomic mass is 35.5. The van der Waals surface area contributed by atoms with Gasteiger partial charge in [-0.2, -0.15) is 0 Å². The first-order chi connectivity index (χ1) is 11.5. The molecule has 0 saturated carbocycles. The van der Waals surface area contributed by atoms with E-state index in [0.29, 0.717) is 28.2 Å². The second-order valence-electron chi connectivity index (χ2n) is 5.58. The van der Waals surface area contributed by atoms with Gasteiger partial charge in [-0.05, 0) is 29.8 Å². The lowest BCUT2D eigenvalue weighted by Crippen LogP contribution is -2.16. The molecule has 0 aliphatic heterocycles. The molecule has 0 spiro atoms. The van der Waals surface area contributed by atoms with Crippen LogP contribution < -0.4 is 5.56 Å². The molecule has 5 nitrogen and oxygen atoms in total. The summed E-state index contributed by atoms with van der Waals surface area (Å²) < 4.78 is 0. The third kappa shape index (κ3) is 3.63. The first-order valence-corrected chi connectivity index (χ1v) is 7.86. The maximum atomic E-state index is 12.2. The summed E-state index contributed by atoms with van der Waals surface area (Å²) in [5.41, 5.74) is 1.22. The number of rotatable bonds is 5. The van der Waals surface area contributed by atoms with Gasteiger partial charge in [0, 0.05) is 17.4 Å². The number of fused-ring (bicyclic) bond motifs is 1. The first kappa shape index (κ1) is 16.2. The van der Waals surface area contributed by atoms with Gasteiger partial charge in [0.1, 0.15) is 5.82 Å². The van der Waals surface area contributed by atoms with Gasteiger partial charge in [0.2, 0.25) is 0 Å². The number of aromatic nitrogens is 2. The Morgan fingerprint density at radius 2 is 1.88 bits per heavy atom. The normalized spacial score (nSPS) is 12.2. The molecular formula is C18H15ClN2O3. The lowest BCUT2D eigenvalue weighted by atomic mass is 9.92. The van der Waals surface area contributed by atoms with Crippen LogP contribution in [0.25, 0.3) is 10.9 Å². The number of H-pyrrole nitrogens is 1. The van der Waals surface area contributed by atoms with Crippen molar-refractivity contribution in [2.45, 2.75) is 18.8 Å². The van der Waals surface area contributed by atoms with Crippen LogP contribution in [0.4, 0.5) is 0 Å². The monoisotopic (exact) mass is 342 g/mol. The van der Waals surface area contributed by atoms with Crippen LogP contribution in [0.1, 0.15) is 23.7 Å². The lowest BCUT2D eigenvalue weighted by molar-refractivity contribution is -0.137. The van der Waals surface area contributed by atoms with Crippen LogP contribution in [0.3, 0.4) is 0 Å². The lowest BCUT2D eigenvalue weighted by Gasteiger charge is -2.15. The van der Waals surface area contributed by atoms with Crippen molar-refractivity contribution in [2.75, 3.05) is 0 Å². The van der Waals surface area contributed by atoms with Gasteiger partial charge in [-0.3, -0.25) is 9.59 Å². The average molecular weight is 343 g/mol. The number of hydrogen-bond donors (Lipinski definition) is 2. The summed E-state index contributed by atoms with van der Waals surface area (Å²) in [5, 5.41) is 10.3. The van der Waals surface area contributed by atoms with Crippen LogP contribution in [0.2, 0.25) is 5.02 Å². The van der Waals surface area contributed by atoms with E-state index >= 15 is 0 Å². The van der Waals surface area contributed by atoms with Crippen molar-refractivity contribution in [1.82, 2.24) is 9.97 Å². The van der Waals surface area contributed by atoms with Crippen LogP contribution >= 0.6 is 11.6 Å². The van der Waals surface area contributed by atoms with E-state index in [1.165, 1.54) is 0 Å². The third-order valence-electron chi connectivity index (χ3n) is 3.86. The number of aliphatic carboxylic acids is 1. The number of hydrogen-bond acceptors (Lipinski definition) is 3. The largest absolute Gasteiger partial charge is 0.481 e. The number of nitrogens with one attached hydrogen (secondary N) is 1. The van der Waals surface area contributed by atoms with Crippen LogP contribution in [-0.4, -0.2) is 21.0 Å². The van der Waals surface area contributed by atoms with Crippen LogP contribution in [0.15, 0.2) is 53.3 Å². The minimum Gasteiger partial charge on any atom is -0.481 e. The molecule has 122 valence electrons. The first-order valence-electron chi connectivity index (χ1n) is 7.48. The summed E-state index contributed by atoms with van der Waals surface area (Å²) in [6.45, 7) is 0. The SMILES string of the molecule is O=C(O)CC(Cc1nc2ccccc2c(=O)[nH]1)c1ccc(Cl)cc1. The highest BCUT2D eigenvalue weighted by Gasteiger charge is 2.18. The molecule has 3 rings (SSSR count). The van der Waals surface area contributed by atoms with E-state index in [1.54, 1.807) is 42.5 Å². The molecule has 0 aliphatic rings. The van der Waals surface area contributed by atoms with Crippen molar-refractivity contribution < 1.29 is 9.90 Å². The van der Waals surface area contributed by atoms with E-state index in [-0.39, 0.29) is 17.9 Å². The Morgan fingerprint density at radius 3 is 2.58 bits per heavy atom. The van der Waals surface area contributed by atoms with Gasteiger partial charge in [0.15, 0.2) is 0 Å². The van der Waals surface area contributed by atoms with Gasteiger partial charge in [0.25, 0.3) is 5.56 Å². The predicted octanol–water partition coefficient (Wildman–Crippen LogP) is 3.38. The van der Waals surface area contributed by atoms with Crippen LogP contribution in [-0.2, 0) is 11.2 Å². The molecule has 2 N–H and O–H groups in total. The smallest absolute Gasteiger partial charge is 0.303 e. The predicted molar refractivity (Wildman–Crippen MR) is 92.5 cm³/mol. The summed E-state index contributed by atoms with van der Waals surface area (Å²) in [7, 11) is 0. The van der Waals surface area contributed by atoms with E-state index in [1.807, 2.05) is 6.07 Å². The van der Waals surface area contributed by atoms with Gasteiger partial charge in [-0.1, -0.05) is 35.9 Å². The zero-order valence-electron chi connectivity index (χ0n) is 12.7. The minimum atomic E-state index is -0.905. The highest BCUT2D eigenvalue weighted by molar-refractivity contribution is 6.30. The van der Waals surface area contributed by atoms with Crippen LogP contribution in [0, 0.1) is 0 Å². The Hall–Kier alpha value is -2.66. The quantitative estimate of drug-likeness (QED) is 0.744. The van der Waals surface area contributed by atoms with Crippen molar-refractivity contribution >= 4 is 28.5 Å². The maximum absolute atomic E-state index is 12.2. The van der Waals surface area contributed by atoms with Gasteiger partial charge < -0.3 is 10.1 Å². The number of nitrogens with zero attached hydrogens (tertiary/aromatic N) is 1. The average Bonchev–Trinajstić information content (AvgIpc) is 2.54.